The van der Waals surface area contributed by atoms with Gasteiger partial charge in [0.05, 0.1) is 5.75 Å². The van der Waals surface area contributed by atoms with Gasteiger partial charge in [-0.05, 0) is 27.3 Å². The van der Waals surface area contributed by atoms with Gasteiger partial charge < -0.3 is 15.5 Å². The smallest absolute Gasteiger partial charge is 0.229 e. The van der Waals surface area contributed by atoms with Gasteiger partial charge in [0.2, 0.25) is 10.0 Å². The lowest BCUT2D eigenvalue weighted by Crippen LogP contribution is -2.39. The van der Waals surface area contributed by atoms with Crippen molar-refractivity contribution in [3.05, 3.63) is 11.8 Å². The van der Waals surface area contributed by atoms with Crippen molar-refractivity contribution in [3.8, 4) is 0 Å². The van der Waals surface area contributed by atoms with Crippen molar-refractivity contribution >= 4 is 15.8 Å². The predicted octanol–water partition coefficient (Wildman–Crippen LogP) is -0.0972. The SMILES string of the molecule is CNCCS(=O)(=O)NN/C(C)=C/CCC(C)=O. The van der Waals surface area contributed by atoms with Crippen molar-refractivity contribution in [3.63, 3.8) is 0 Å². The molecule has 6 nitrogen and oxygen atoms in total. The van der Waals surface area contributed by atoms with E-state index in [4.69, 9.17) is 0 Å². The Morgan fingerprint density at radius 1 is 1.29 bits per heavy atom. The van der Waals surface area contributed by atoms with Crippen molar-refractivity contribution in [2.75, 3.05) is 19.3 Å². The molecule has 0 unspecified atom stereocenters. The first-order valence-electron chi connectivity index (χ1n) is 5.43. The van der Waals surface area contributed by atoms with Crippen LogP contribution in [0.15, 0.2) is 11.8 Å². The van der Waals surface area contributed by atoms with E-state index in [1.165, 1.54) is 6.92 Å². The lowest BCUT2D eigenvalue weighted by Gasteiger charge is -2.09. The van der Waals surface area contributed by atoms with Crippen molar-refractivity contribution in [1.29, 1.82) is 0 Å². The van der Waals surface area contributed by atoms with E-state index in [9.17, 15) is 13.2 Å². The second kappa shape index (κ2) is 8.21. The summed E-state index contributed by atoms with van der Waals surface area (Å²) in [5, 5.41) is 2.76. The van der Waals surface area contributed by atoms with Gasteiger partial charge in [-0.1, -0.05) is 6.08 Å². The molecule has 3 N–H and O–H groups in total. The van der Waals surface area contributed by atoms with E-state index in [1.54, 1.807) is 20.0 Å². The Balaban J connectivity index is 3.97. The molecule has 7 heteroatoms. The standard InChI is InChI=1S/C10H21N3O3S/c1-9(5-4-6-10(2)14)12-13-17(15,16)8-7-11-3/h5,11-13H,4,6-8H2,1-3H3/b9-5+. The first kappa shape index (κ1) is 16.1. The maximum atomic E-state index is 11.4. The Kier molecular flexibility index (Phi) is 7.77. The van der Waals surface area contributed by atoms with Gasteiger partial charge in [-0.2, -0.15) is 0 Å². The number of nitrogens with one attached hydrogen (secondary N) is 3. The van der Waals surface area contributed by atoms with Gasteiger partial charge in [-0.3, -0.25) is 0 Å². The fourth-order valence-electron chi connectivity index (χ4n) is 0.989. The van der Waals surface area contributed by atoms with Crippen LogP contribution in [0.1, 0.15) is 26.7 Å². The maximum absolute atomic E-state index is 11.4. The average molecular weight is 263 g/mol. The summed E-state index contributed by atoms with van der Waals surface area (Å²) in [5.74, 6) is 0.126. The molecule has 0 heterocycles. The number of carbonyl (C=O) groups is 1. The number of carbonyl (C=O) groups excluding carboxylic acids is 1. The number of hydrazine groups is 1. The van der Waals surface area contributed by atoms with Gasteiger partial charge in [-0.15, -0.1) is 4.83 Å². The van der Waals surface area contributed by atoms with Crippen molar-refractivity contribution in [2.24, 2.45) is 0 Å². The zero-order chi connectivity index (χ0) is 13.3. The molecule has 0 bridgehead atoms. The molecule has 0 aliphatic carbocycles. The third-order valence-corrected chi connectivity index (χ3v) is 3.13. The Morgan fingerprint density at radius 2 is 1.94 bits per heavy atom. The molecule has 0 saturated carbocycles. The van der Waals surface area contributed by atoms with E-state index in [1.807, 2.05) is 0 Å². The van der Waals surface area contributed by atoms with E-state index in [0.29, 0.717) is 25.1 Å². The molecular weight excluding hydrogens is 242 g/mol. The molecule has 0 atom stereocenters. The molecule has 0 aliphatic heterocycles. The van der Waals surface area contributed by atoms with Crippen LogP contribution < -0.4 is 15.6 Å². The molecule has 100 valence electrons. The fourth-order valence-corrected chi connectivity index (χ4v) is 1.88. The first-order valence-corrected chi connectivity index (χ1v) is 7.09. The summed E-state index contributed by atoms with van der Waals surface area (Å²) >= 11 is 0. The highest BCUT2D eigenvalue weighted by Crippen LogP contribution is 1.96. The summed E-state index contributed by atoms with van der Waals surface area (Å²) in [6.07, 6.45) is 2.85. The number of sulfonamides is 1. The summed E-state index contributed by atoms with van der Waals surface area (Å²) in [6.45, 7) is 3.65. The molecule has 0 aromatic rings. The lowest BCUT2D eigenvalue weighted by molar-refractivity contribution is -0.116. The molecule has 0 spiro atoms. The van der Waals surface area contributed by atoms with E-state index in [0.717, 1.165) is 0 Å². The zero-order valence-electron chi connectivity index (χ0n) is 10.5. The van der Waals surface area contributed by atoms with E-state index in [2.05, 4.69) is 15.6 Å². The topological polar surface area (TPSA) is 87.3 Å². The third kappa shape index (κ3) is 9.98. The second-order valence-corrected chi connectivity index (χ2v) is 5.62. The Bertz CT molecular complexity index is 363. The number of Topliss-reactive ketones (excluding diaryl/α,β-unsaturated/α-hetero) is 1. The summed E-state index contributed by atoms with van der Waals surface area (Å²) < 4.78 is 22.8. The van der Waals surface area contributed by atoms with Crippen LogP contribution in [0.25, 0.3) is 0 Å². The minimum atomic E-state index is -3.31. The van der Waals surface area contributed by atoms with Crippen LogP contribution >= 0.6 is 0 Å². The van der Waals surface area contributed by atoms with Crippen molar-refractivity contribution in [2.45, 2.75) is 26.7 Å². The summed E-state index contributed by atoms with van der Waals surface area (Å²) in [5.41, 5.74) is 3.27. The van der Waals surface area contributed by atoms with Gasteiger partial charge in [0, 0.05) is 18.7 Å². The fraction of sp³-hybridized carbons (Fsp3) is 0.700. The van der Waals surface area contributed by atoms with Gasteiger partial charge >= 0.3 is 0 Å². The Labute approximate surface area is 103 Å². The van der Waals surface area contributed by atoms with Crippen LogP contribution in [0.5, 0.6) is 0 Å². The van der Waals surface area contributed by atoms with Crippen LogP contribution in [-0.2, 0) is 14.8 Å². The molecule has 0 radical (unpaired) electrons. The zero-order valence-corrected chi connectivity index (χ0v) is 11.4. The highest BCUT2D eigenvalue weighted by Gasteiger charge is 2.07. The molecule has 0 saturated heterocycles. The van der Waals surface area contributed by atoms with Crippen LogP contribution in [0.4, 0.5) is 0 Å². The maximum Gasteiger partial charge on any atom is 0.229 e. The monoisotopic (exact) mass is 263 g/mol. The number of hydrogen-bond acceptors (Lipinski definition) is 5. The minimum Gasteiger partial charge on any atom is -0.319 e. The van der Waals surface area contributed by atoms with Crippen LogP contribution in [0.2, 0.25) is 0 Å². The number of hydrogen-bond donors (Lipinski definition) is 3. The molecule has 0 fully saturated rings. The van der Waals surface area contributed by atoms with Gasteiger partial charge in [-0.25, -0.2) is 8.42 Å². The van der Waals surface area contributed by atoms with Gasteiger partial charge in [0.1, 0.15) is 5.78 Å². The number of allylic oxidation sites excluding steroid dienone is 2. The van der Waals surface area contributed by atoms with Crippen LogP contribution in [0, 0.1) is 0 Å². The predicted molar refractivity (Wildman–Crippen MR) is 67.7 cm³/mol. The van der Waals surface area contributed by atoms with Gasteiger partial charge in [0.15, 0.2) is 0 Å². The van der Waals surface area contributed by atoms with Crippen LogP contribution in [0.3, 0.4) is 0 Å². The summed E-state index contributed by atoms with van der Waals surface area (Å²) in [6, 6.07) is 0. The van der Waals surface area contributed by atoms with Crippen molar-refractivity contribution in [1.82, 2.24) is 15.6 Å². The summed E-state index contributed by atoms with van der Waals surface area (Å²) in [4.78, 5) is 13.0. The minimum absolute atomic E-state index is 0.0111. The quantitative estimate of drug-likeness (QED) is 0.506. The molecule has 0 aromatic heterocycles. The summed E-state index contributed by atoms with van der Waals surface area (Å²) in [7, 11) is -1.62. The highest BCUT2D eigenvalue weighted by molar-refractivity contribution is 7.89. The van der Waals surface area contributed by atoms with E-state index in [-0.39, 0.29) is 11.5 Å². The molecule has 0 rings (SSSR count). The van der Waals surface area contributed by atoms with E-state index >= 15 is 0 Å². The highest BCUT2D eigenvalue weighted by atomic mass is 32.2. The molecular formula is C10H21N3O3S. The molecule has 0 aromatic carbocycles. The second-order valence-electron chi connectivity index (χ2n) is 3.78. The van der Waals surface area contributed by atoms with Crippen molar-refractivity contribution < 1.29 is 13.2 Å². The average Bonchev–Trinajstić information content (AvgIpc) is 2.23. The molecule has 0 amide bonds. The number of ketones is 1. The third-order valence-electron chi connectivity index (χ3n) is 1.97. The Hall–Kier alpha value is -0.920. The largest absolute Gasteiger partial charge is 0.319 e. The van der Waals surface area contributed by atoms with Crippen LogP contribution in [-0.4, -0.2) is 33.5 Å². The number of rotatable bonds is 9. The Morgan fingerprint density at radius 3 is 2.47 bits per heavy atom. The van der Waals surface area contributed by atoms with E-state index < -0.39 is 10.0 Å². The van der Waals surface area contributed by atoms with Gasteiger partial charge in [0.25, 0.3) is 0 Å². The molecule has 17 heavy (non-hydrogen) atoms. The first-order chi connectivity index (χ1) is 7.87. The normalized spacial score (nSPS) is 12.5. The molecule has 0 aliphatic rings. The lowest BCUT2D eigenvalue weighted by atomic mass is 10.2.